The molecule has 62 heavy (non-hydrogen) atoms. The van der Waals surface area contributed by atoms with E-state index in [1.165, 1.54) is 86.9 Å². The van der Waals surface area contributed by atoms with E-state index in [1.54, 1.807) is 0 Å². The molecule has 11 rings (SSSR count). The summed E-state index contributed by atoms with van der Waals surface area (Å²) in [6.07, 6.45) is 0. The predicted molar refractivity (Wildman–Crippen MR) is 267 cm³/mol. The number of anilines is 3. The lowest BCUT2D eigenvalue weighted by atomic mass is 9.94. The van der Waals surface area contributed by atoms with E-state index in [0.29, 0.717) is 0 Å². The lowest BCUT2D eigenvalue weighted by Crippen LogP contribution is -2.09. The Labute approximate surface area is 367 Å². The molecule has 0 aliphatic carbocycles. The van der Waals surface area contributed by atoms with Gasteiger partial charge in [-0.05, 0) is 115 Å². The monoisotopic (exact) mass is 807 g/mol. The van der Waals surface area contributed by atoms with Crippen LogP contribution in [0.2, 0.25) is 0 Å². The number of thiophene rings is 1. The van der Waals surface area contributed by atoms with Crippen molar-refractivity contribution in [2.24, 2.45) is 0 Å². The Morgan fingerprint density at radius 2 is 0.613 bits per heavy atom. The molecule has 0 atom stereocenters. The van der Waals surface area contributed by atoms with Gasteiger partial charge in [0, 0.05) is 37.2 Å². The minimum atomic E-state index is 1.10. The molecule has 0 bridgehead atoms. The lowest BCUT2D eigenvalue weighted by Gasteiger charge is -2.26. The van der Waals surface area contributed by atoms with E-state index in [9.17, 15) is 0 Å². The Hall–Kier alpha value is -7.78. The zero-order valence-corrected chi connectivity index (χ0v) is 34.8. The third-order valence-electron chi connectivity index (χ3n) is 11.9. The highest BCUT2D eigenvalue weighted by Gasteiger charge is 2.16. The first-order chi connectivity index (χ1) is 30.7. The molecule has 292 valence electrons. The largest absolute Gasteiger partial charge is 0.311 e. The molecule has 0 aliphatic rings. The second kappa shape index (κ2) is 16.3. The van der Waals surface area contributed by atoms with E-state index in [0.717, 1.165) is 17.1 Å². The van der Waals surface area contributed by atoms with Gasteiger partial charge in [0.2, 0.25) is 0 Å². The lowest BCUT2D eigenvalue weighted by molar-refractivity contribution is 1.28. The molecule has 0 aliphatic heterocycles. The predicted octanol–water partition coefficient (Wildman–Crippen LogP) is 17.5. The maximum absolute atomic E-state index is 2.35. The summed E-state index contributed by atoms with van der Waals surface area (Å²) in [5, 5.41) is 2.65. The highest BCUT2D eigenvalue weighted by Crippen LogP contribution is 2.42. The van der Waals surface area contributed by atoms with Gasteiger partial charge in [-0.25, -0.2) is 0 Å². The zero-order valence-electron chi connectivity index (χ0n) is 34.0. The van der Waals surface area contributed by atoms with Gasteiger partial charge in [0.15, 0.2) is 0 Å². The number of rotatable bonds is 9. The quantitative estimate of drug-likeness (QED) is 0.140. The van der Waals surface area contributed by atoms with Gasteiger partial charge in [-0.15, -0.1) is 11.3 Å². The number of hydrogen-bond acceptors (Lipinski definition) is 2. The molecule has 1 heterocycles. The molecule has 0 N–H and O–H groups in total. The summed E-state index contributed by atoms with van der Waals surface area (Å²) in [6.45, 7) is 0. The van der Waals surface area contributed by atoms with Gasteiger partial charge >= 0.3 is 0 Å². The van der Waals surface area contributed by atoms with Crippen LogP contribution in [-0.4, -0.2) is 0 Å². The molecule has 10 aromatic carbocycles. The first-order valence-electron chi connectivity index (χ1n) is 21.2. The van der Waals surface area contributed by atoms with E-state index < -0.39 is 0 Å². The van der Waals surface area contributed by atoms with Crippen LogP contribution in [-0.2, 0) is 0 Å². The SMILES string of the molecule is c1ccc(-c2ccc(N(c3ccc(-c4ccc(-c5cccc(-c6cccc7c6sc6ccccc67)c5)cc4)cc3)c3ccc(-c4ccccc4-c4ccccc4)cc3)cc2)cc1. The normalized spacial score (nSPS) is 11.2. The van der Waals surface area contributed by atoms with Crippen LogP contribution in [0.3, 0.4) is 0 Å². The van der Waals surface area contributed by atoms with Crippen molar-refractivity contribution in [3.8, 4) is 66.8 Å². The fraction of sp³-hybridized carbons (Fsp3) is 0. The molecule has 0 radical (unpaired) electrons. The second-order valence-corrected chi connectivity index (χ2v) is 16.7. The van der Waals surface area contributed by atoms with E-state index in [4.69, 9.17) is 0 Å². The van der Waals surface area contributed by atoms with Crippen molar-refractivity contribution in [1.82, 2.24) is 0 Å². The van der Waals surface area contributed by atoms with Crippen LogP contribution in [0.15, 0.2) is 249 Å². The minimum absolute atomic E-state index is 1.10. The van der Waals surface area contributed by atoms with Crippen molar-refractivity contribution in [2.45, 2.75) is 0 Å². The highest BCUT2D eigenvalue weighted by atomic mass is 32.1. The van der Waals surface area contributed by atoms with Crippen molar-refractivity contribution in [3.05, 3.63) is 249 Å². The Kier molecular flexibility index (Phi) is 9.82. The molecule has 2 heteroatoms. The summed E-state index contributed by atoms with van der Waals surface area (Å²) >= 11 is 1.88. The van der Waals surface area contributed by atoms with Crippen LogP contribution in [0.5, 0.6) is 0 Å². The van der Waals surface area contributed by atoms with Crippen LogP contribution >= 0.6 is 11.3 Å². The van der Waals surface area contributed by atoms with Gasteiger partial charge in [-0.3, -0.25) is 0 Å². The molecule has 1 nitrogen and oxygen atoms in total. The summed E-state index contributed by atoms with van der Waals surface area (Å²) in [7, 11) is 0. The van der Waals surface area contributed by atoms with E-state index in [2.05, 4.69) is 254 Å². The number of nitrogens with zero attached hydrogens (tertiary/aromatic N) is 1. The summed E-state index contributed by atoms with van der Waals surface area (Å²) < 4.78 is 2.67. The Bertz CT molecular complexity index is 3290. The molecular weight excluding hydrogens is 767 g/mol. The van der Waals surface area contributed by atoms with E-state index in [1.807, 2.05) is 11.3 Å². The zero-order chi connectivity index (χ0) is 41.2. The first kappa shape index (κ1) is 37.2. The number of benzene rings is 10. The second-order valence-electron chi connectivity index (χ2n) is 15.7. The molecule has 0 amide bonds. The maximum atomic E-state index is 2.35. The van der Waals surface area contributed by atoms with Crippen molar-refractivity contribution >= 4 is 48.6 Å². The first-order valence-corrected chi connectivity index (χ1v) is 22.0. The van der Waals surface area contributed by atoms with Gasteiger partial charge in [-0.1, -0.05) is 200 Å². The molecule has 0 fully saturated rings. The van der Waals surface area contributed by atoms with Crippen LogP contribution < -0.4 is 4.90 Å². The highest BCUT2D eigenvalue weighted by molar-refractivity contribution is 7.26. The van der Waals surface area contributed by atoms with Gasteiger partial charge in [-0.2, -0.15) is 0 Å². The van der Waals surface area contributed by atoms with Crippen LogP contribution in [0.4, 0.5) is 17.1 Å². The van der Waals surface area contributed by atoms with Crippen LogP contribution in [0.25, 0.3) is 86.9 Å². The summed E-state index contributed by atoms with van der Waals surface area (Å²) in [4.78, 5) is 2.35. The third kappa shape index (κ3) is 7.17. The van der Waals surface area contributed by atoms with Crippen molar-refractivity contribution < 1.29 is 0 Å². The smallest absolute Gasteiger partial charge is 0.0462 e. The molecule has 0 saturated heterocycles. The van der Waals surface area contributed by atoms with Crippen molar-refractivity contribution in [1.29, 1.82) is 0 Å². The number of fused-ring (bicyclic) bond motifs is 3. The van der Waals surface area contributed by atoms with E-state index in [-0.39, 0.29) is 0 Å². The fourth-order valence-electron chi connectivity index (χ4n) is 8.77. The number of hydrogen-bond donors (Lipinski definition) is 0. The summed E-state index contributed by atoms with van der Waals surface area (Å²) in [5.41, 5.74) is 17.9. The molecule has 0 unspecified atom stereocenters. The van der Waals surface area contributed by atoms with Gasteiger partial charge in [0.05, 0.1) is 0 Å². The van der Waals surface area contributed by atoms with Crippen LogP contribution in [0.1, 0.15) is 0 Å². The Balaban J connectivity index is 0.895. The molecular formula is C60H41NS. The van der Waals surface area contributed by atoms with Gasteiger partial charge in [0.25, 0.3) is 0 Å². The molecule has 0 saturated carbocycles. The maximum Gasteiger partial charge on any atom is 0.0462 e. The molecule has 0 spiro atoms. The van der Waals surface area contributed by atoms with Crippen LogP contribution in [0, 0.1) is 0 Å². The summed E-state index contributed by atoms with van der Waals surface area (Å²) in [5.74, 6) is 0. The minimum Gasteiger partial charge on any atom is -0.311 e. The van der Waals surface area contributed by atoms with Gasteiger partial charge < -0.3 is 4.90 Å². The topological polar surface area (TPSA) is 3.24 Å². The molecule has 11 aromatic rings. The Morgan fingerprint density at radius 1 is 0.242 bits per heavy atom. The van der Waals surface area contributed by atoms with Gasteiger partial charge in [0.1, 0.15) is 0 Å². The fourth-order valence-corrected chi connectivity index (χ4v) is 10.0. The average molecular weight is 808 g/mol. The van der Waals surface area contributed by atoms with Crippen molar-refractivity contribution in [3.63, 3.8) is 0 Å². The van der Waals surface area contributed by atoms with E-state index >= 15 is 0 Å². The third-order valence-corrected chi connectivity index (χ3v) is 13.2. The molecule has 1 aromatic heterocycles. The average Bonchev–Trinajstić information content (AvgIpc) is 3.75. The van der Waals surface area contributed by atoms with Crippen molar-refractivity contribution in [2.75, 3.05) is 4.90 Å². The summed E-state index contributed by atoms with van der Waals surface area (Å²) in [6, 6.07) is 90.1. The standard InChI is InChI=1S/C60H41NS/c1-3-13-42(14-4-1)44-29-35-51(36-30-44)61(53-39-33-48(34-40-53)55-20-8-7-19-54(55)47-15-5-2-6-16-47)52-37-31-45(32-38-52)43-25-27-46(28-26-43)49-17-11-18-50(41-49)56-22-12-23-58-57-21-9-10-24-59(57)62-60(56)58/h1-41H. The Morgan fingerprint density at radius 3 is 1.21 bits per heavy atom.